The van der Waals surface area contributed by atoms with Crippen LogP contribution in [0.15, 0.2) is 12.3 Å². The average molecular weight is 210 g/mol. The molecule has 0 saturated heterocycles. The lowest BCUT2D eigenvalue weighted by Gasteiger charge is -2.19. The van der Waals surface area contributed by atoms with Crippen LogP contribution in [-0.4, -0.2) is 10.4 Å². The summed E-state index contributed by atoms with van der Waals surface area (Å²) in [5, 5.41) is 3.63. The standard InChI is InChI=1S/C11H18N2S/c1-8-3-4-11(9(8)2)12-7-10-5-6-13-14-10/h5-6,8-9,11-12H,3-4,7H2,1-2H3. The minimum absolute atomic E-state index is 0.715. The van der Waals surface area contributed by atoms with Crippen molar-refractivity contribution in [2.24, 2.45) is 11.8 Å². The molecule has 0 bridgehead atoms. The second kappa shape index (κ2) is 4.41. The van der Waals surface area contributed by atoms with E-state index in [0.29, 0.717) is 6.04 Å². The molecule has 78 valence electrons. The van der Waals surface area contributed by atoms with Gasteiger partial charge in [-0.3, -0.25) is 0 Å². The Morgan fingerprint density at radius 2 is 2.36 bits per heavy atom. The maximum Gasteiger partial charge on any atom is 0.0410 e. The Labute approximate surface area is 89.9 Å². The van der Waals surface area contributed by atoms with Crippen molar-refractivity contribution in [2.75, 3.05) is 0 Å². The monoisotopic (exact) mass is 210 g/mol. The summed E-state index contributed by atoms with van der Waals surface area (Å²) in [6, 6.07) is 2.81. The van der Waals surface area contributed by atoms with Crippen molar-refractivity contribution in [1.82, 2.24) is 9.69 Å². The topological polar surface area (TPSA) is 24.9 Å². The highest BCUT2D eigenvalue weighted by Gasteiger charge is 2.28. The Morgan fingerprint density at radius 1 is 1.50 bits per heavy atom. The molecule has 3 atom stereocenters. The van der Waals surface area contributed by atoms with E-state index < -0.39 is 0 Å². The molecule has 1 aromatic rings. The van der Waals surface area contributed by atoms with E-state index in [0.717, 1.165) is 18.4 Å². The van der Waals surface area contributed by atoms with E-state index in [4.69, 9.17) is 0 Å². The van der Waals surface area contributed by atoms with Crippen LogP contribution in [0.1, 0.15) is 31.6 Å². The van der Waals surface area contributed by atoms with Crippen LogP contribution in [0.3, 0.4) is 0 Å². The Bertz CT molecular complexity index is 271. The van der Waals surface area contributed by atoms with E-state index in [1.165, 1.54) is 17.7 Å². The van der Waals surface area contributed by atoms with Gasteiger partial charge in [0.05, 0.1) is 0 Å². The average Bonchev–Trinajstić information content (AvgIpc) is 2.77. The van der Waals surface area contributed by atoms with Crippen LogP contribution >= 0.6 is 11.5 Å². The van der Waals surface area contributed by atoms with Crippen LogP contribution in [-0.2, 0) is 6.54 Å². The van der Waals surface area contributed by atoms with Gasteiger partial charge in [-0.05, 0) is 42.3 Å². The first kappa shape index (κ1) is 10.1. The smallest absolute Gasteiger partial charge is 0.0410 e. The minimum atomic E-state index is 0.715. The molecule has 2 nitrogen and oxygen atoms in total. The molecule has 0 aliphatic heterocycles. The molecule has 1 heterocycles. The molecular weight excluding hydrogens is 192 g/mol. The van der Waals surface area contributed by atoms with Gasteiger partial charge in [-0.15, -0.1) is 0 Å². The molecular formula is C11H18N2S. The zero-order valence-electron chi connectivity index (χ0n) is 8.86. The molecule has 3 unspecified atom stereocenters. The Balaban J connectivity index is 1.81. The van der Waals surface area contributed by atoms with E-state index in [1.807, 2.05) is 6.20 Å². The molecule has 0 radical (unpaired) electrons. The van der Waals surface area contributed by atoms with E-state index in [1.54, 1.807) is 11.5 Å². The molecule has 14 heavy (non-hydrogen) atoms. The summed E-state index contributed by atoms with van der Waals surface area (Å²) in [6.45, 7) is 5.72. The van der Waals surface area contributed by atoms with Crippen LogP contribution in [0.4, 0.5) is 0 Å². The number of hydrogen-bond acceptors (Lipinski definition) is 3. The first-order valence-corrected chi connectivity index (χ1v) is 6.17. The molecule has 2 rings (SSSR count). The third-order valence-electron chi connectivity index (χ3n) is 3.49. The SMILES string of the molecule is CC1CCC(NCc2ccns2)C1C. The summed E-state index contributed by atoms with van der Waals surface area (Å²) in [5.41, 5.74) is 0. The van der Waals surface area contributed by atoms with Gasteiger partial charge in [0.1, 0.15) is 0 Å². The third kappa shape index (κ3) is 2.15. The molecule has 1 saturated carbocycles. The van der Waals surface area contributed by atoms with Crippen molar-refractivity contribution < 1.29 is 0 Å². The molecule has 1 N–H and O–H groups in total. The van der Waals surface area contributed by atoms with Crippen LogP contribution in [0.25, 0.3) is 0 Å². The van der Waals surface area contributed by atoms with Gasteiger partial charge in [0.15, 0.2) is 0 Å². The number of hydrogen-bond donors (Lipinski definition) is 1. The summed E-state index contributed by atoms with van der Waals surface area (Å²) >= 11 is 1.60. The summed E-state index contributed by atoms with van der Waals surface area (Å²) in [4.78, 5) is 1.34. The van der Waals surface area contributed by atoms with Crippen LogP contribution in [0.5, 0.6) is 0 Å². The molecule has 1 aromatic heterocycles. The largest absolute Gasteiger partial charge is 0.309 e. The maximum atomic E-state index is 4.10. The van der Waals surface area contributed by atoms with Crippen molar-refractivity contribution in [3.63, 3.8) is 0 Å². The van der Waals surface area contributed by atoms with E-state index in [2.05, 4.69) is 29.6 Å². The molecule has 0 aromatic carbocycles. The van der Waals surface area contributed by atoms with Gasteiger partial charge in [-0.2, -0.15) is 0 Å². The summed E-state index contributed by atoms with van der Waals surface area (Å²) in [5.74, 6) is 1.71. The van der Waals surface area contributed by atoms with Crippen LogP contribution in [0, 0.1) is 11.8 Å². The summed E-state index contributed by atoms with van der Waals surface area (Å²) < 4.78 is 4.10. The summed E-state index contributed by atoms with van der Waals surface area (Å²) in [7, 11) is 0. The number of nitrogens with zero attached hydrogens (tertiary/aromatic N) is 1. The van der Waals surface area contributed by atoms with E-state index in [-0.39, 0.29) is 0 Å². The van der Waals surface area contributed by atoms with Gasteiger partial charge in [0.2, 0.25) is 0 Å². The second-order valence-corrected chi connectivity index (χ2v) is 5.30. The maximum absolute atomic E-state index is 4.10. The van der Waals surface area contributed by atoms with Crippen molar-refractivity contribution in [1.29, 1.82) is 0 Å². The molecule has 1 aliphatic rings. The van der Waals surface area contributed by atoms with Crippen molar-refractivity contribution in [3.05, 3.63) is 17.1 Å². The van der Waals surface area contributed by atoms with Crippen LogP contribution < -0.4 is 5.32 Å². The molecule has 0 spiro atoms. The Morgan fingerprint density at radius 3 is 2.93 bits per heavy atom. The lowest BCUT2D eigenvalue weighted by Crippen LogP contribution is -2.31. The highest BCUT2D eigenvalue weighted by atomic mass is 32.1. The summed E-state index contributed by atoms with van der Waals surface area (Å²) in [6.07, 6.45) is 4.59. The fourth-order valence-corrected chi connectivity index (χ4v) is 2.74. The molecule has 0 amide bonds. The van der Waals surface area contributed by atoms with E-state index in [9.17, 15) is 0 Å². The zero-order chi connectivity index (χ0) is 9.97. The minimum Gasteiger partial charge on any atom is -0.309 e. The number of nitrogens with one attached hydrogen (secondary N) is 1. The number of rotatable bonds is 3. The predicted molar refractivity (Wildman–Crippen MR) is 60.3 cm³/mol. The molecule has 1 aliphatic carbocycles. The Kier molecular flexibility index (Phi) is 3.19. The first-order chi connectivity index (χ1) is 6.77. The van der Waals surface area contributed by atoms with E-state index >= 15 is 0 Å². The third-order valence-corrected chi connectivity index (χ3v) is 4.24. The van der Waals surface area contributed by atoms with Gasteiger partial charge in [-0.25, -0.2) is 4.37 Å². The fraction of sp³-hybridized carbons (Fsp3) is 0.727. The van der Waals surface area contributed by atoms with Gasteiger partial charge in [0, 0.05) is 23.7 Å². The molecule has 1 fully saturated rings. The van der Waals surface area contributed by atoms with Gasteiger partial charge in [-0.1, -0.05) is 13.8 Å². The fourth-order valence-electron chi connectivity index (χ4n) is 2.22. The highest BCUT2D eigenvalue weighted by Crippen LogP contribution is 2.31. The quantitative estimate of drug-likeness (QED) is 0.829. The lowest BCUT2D eigenvalue weighted by atomic mass is 9.98. The van der Waals surface area contributed by atoms with Crippen molar-refractivity contribution >= 4 is 11.5 Å². The first-order valence-electron chi connectivity index (χ1n) is 5.40. The van der Waals surface area contributed by atoms with Crippen molar-refractivity contribution in [3.8, 4) is 0 Å². The normalized spacial score (nSPS) is 32.3. The Hall–Kier alpha value is -0.410. The second-order valence-electron chi connectivity index (χ2n) is 4.38. The molecule has 3 heteroatoms. The number of aromatic nitrogens is 1. The highest BCUT2D eigenvalue weighted by molar-refractivity contribution is 7.05. The van der Waals surface area contributed by atoms with Gasteiger partial charge < -0.3 is 5.32 Å². The van der Waals surface area contributed by atoms with Crippen LogP contribution in [0.2, 0.25) is 0 Å². The van der Waals surface area contributed by atoms with Gasteiger partial charge in [0.25, 0.3) is 0 Å². The zero-order valence-corrected chi connectivity index (χ0v) is 9.68. The van der Waals surface area contributed by atoms with Crippen molar-refractivity contribution in [2.45, 2.75) is 39.3 Å². The van der Waals surface area contributed by atoms with Gasteiger partial charge >= 0.3 is 0 Å². The lowest BCUT2D eigenvalue weighted by molar-refractivity contribution is 0.370. The predicted octanol–water partition coefficient (Wildman–Crippen LogP) is 2.67.